The number of sulfonamides is 1. The first-order valence-corrected chi connectivity index (χ1v) is 5.54. The molecule has 0 unspecified atom stereocenters. The van der Waals surface area contributed by atoms with Crippen LogP contribution in [0.3, 0.4) is 0 Å². The molecule has 0 rings (SSSR count). The van der Waals surface area contributed by atoms with Crippen molar-refractivity contribution in [1.82, 2.24) is 4.72 Å². The van der Waals surface area contributed by atoms with Gasteiger partial charge in [0, 0.05) is 5.88 Å². The minimum atomic E-state index is -3.75. The molecule has 13 heavy (non-hydrogen) atoms. The van der Waals surface area contributed by atoms with Gasteiger partial charge in [0.1, 0.15) is 6.61 Å². The number of hydrogen-bond acceptors (Lipinski definition) is 3. The van der Waals surface area contributed by atoms with E-state index in [-0.39, 0.29) is 5.88 Å². The Morgan fingerprint density at radius 2 is 2.00 bits per heavy atom. The smallest absolute Gasteiger partial charge is 0.283 e. The van der Waals surface area contributed by atoms with Crippen molar-refractivity contribution < 1.29 is 22.3 Å². The first-order valence-electron chi connectivity index (χ1n) is 3.35. The number of aliphatic hydroxyl groups is 1. The molecule has 2 N–H and O–H groups in total. The molecule has 0 radical (unpaired) electrons. The van der Waals surface area contributed by atoms with Crippen molar-refractivity contribution in [3.05, 3.63) is 0 Å². The molecule has 0 fully saturated rings. The number of hydrogen-bond donors (Lipinski definition) is 2. The van der Waals surface area contributed by atoms with E-state index >= 15 is 0 Å². The molecular formula is C5H10ClF2NO3S. The molecule has 80 valence electrons. The Balaban J connectivity index is 4.02. The Kier molecular flexibility index (Phi) is 5.05. The van der Waals surface area contributed by atoms with Gasteiger partial charge >= 0.3 is 0 Å². The molecule has 0 saturated heterocycles. The van der Waals surface area contributed by atoms with Gasteiger partial charge in [0.2, 0.25) is 10.0 Å². The maximum absolute atomic E-state index is 12.3. The zero-order chi connectivity index (χ0) is 10.5. The largest absolute Gasteiger partial charge is 0.390 e. The van der Waals surface area contributed by atoms with E-state index in [1.165, 1.54) is 0 Å². The molecule has 0 amide bonds. The average molecular weight is 238 g/mol. The lowest BCUT2D eigenvalue weighted by molar-refractivity contribution is -0.0437. The lowest BCUT2D eigenvalue weighted by atomic mass is 10.4. The van der Waals surface area contributed by atoms with Crippen molar-refractivity contribution in [3.8, 4) is 0 Å². The zero-order valence-corrected chi connectivity index (χ0v) is 8.21. The summed E-state index contributed by atoms with van der Waals surface area (Å²) in [5, 5.41) is 8.11. The highest BCUT2D eigenvalue weighted by atomic mass is 35.5. The van der Waals surface area contributed by atoms with Crippen LogP contribution in [0.2, 0.25) is 0 Å². The first kappa shape index (κ1) is 13.0. The zero-order valence-electron chi connectivity index (χ0n) is 6.63. The van der Waals surface area contributed by atoms with Gasteiger partial charge in [-0.2, -0.15) is 0 Å². The van der Waals surface area contributed by atoms with Gasteiger partial charge in [-0.25, -0.2) is 21.9 Å². The third kappa shape index (κ3) is 6.14. The van der Waals surface area contributed by atoms with Crippen LogP contribution >= 0.6 is 11.6 Å². The first-order chi connectivity index (χ1) is 5.83. The SMILES string of the molecule is O=S(=O)(CCCl)NCC(F)(F)CO. The molecule has 0 saturated carbocycles. The fourth-order valence-electron chi connectivity index (χ4n) is 0.445. The van der Waals surface area contributed by atoms with E-state index in [9.17, 15) is 17.2 Å². The van der Waals surface area contributed by atoms with Crippen LogP contribution in [0.25, 0.3) is 0 Å². The molecule has 4 nitrogen and oxygen atoms in total. The lowest BCUT2D eigenvalue weighted by Crippen LogP contribution is -2.40. The summed E-state index contributed by atoms with van der Waals surface area (Å²) in [4.78, 5) is 0. The third-order valence-electron chi connectivity index (χ3n) is 1.13. The summed E-state index contributed by atoms with van der Waals surface area (Å²) >= 11 is 5.11. The van der Waals surface area contributed by atoms with Gasteiger partial charge in [-0.3, -0.25) is 0 Å². The molecule has 0 atom stereocenters. The van der Waals surface area contributed by atoms with Crippen molar-refractivity contribution in [2.24, 2.45) is 0 Å². The van der Waals surface area contributed by atoms with E-state index in [2.05, 4.69) is 0 Å². The van der Waals surface area contributed by atoms with Crippen LogP contribution in [-0.4, -0.2) is 44.2 Å². The molecule has 0 heterocycles. The van der Waals surface area contributed by atoms with E-state index < -0.39 is 34.9 Å². The molecule has 8 heteroatoms. The molecule has 0 spiro atoms. The van der Waals surface area contributed by atoms with Crippen molar-refractivity contribution in [3.63, 3.8) is 0 Å². The lowest BCUT2D eigenvalue weighted by Gasteiger charge is -2.13. The van der Waals surface area contributed by atoms with Crippen molar-refractivity contribution in [1.29, 1.82) is 0 Å². The third-order valence-corrected chi connectivity index (χ3v) is 2.87. The topological polar surface area (TPSA) is 66.4 Å². The van der Waals surface area contributed by atoms with Crippen LogP contribution in [0.1, 0.15) is 0 Å². The second-order valence-corrected chi connectivity index (χ2v) is 4.65. The van der Waals surface area contributed by atoms with E-state index in [0.29, 0.717) is 0 Å². The standard InChI is InChI=1S/C5H10ClF2NO3S/c6-1-2-13(11,12)9-3-5(7,8)4-10/h9-10H,1-4H2. The Labute approximate surface area is 79.9 Å². The second-order valence-electron chi connectivity index (χ2n) is 2.34. The minimum absolute atomic E-state index is 0.167. The summed E-state index contributed by atoms with van der Waals surface area (Å²) in [5.74, 6) is -4.02. The van der Waals surface area contributed by atoms with E-state index in [1.54, 1.807) is 4.72 Å². The number of rotatable bonds is 6. The highest BCUT2D eigenvalue weighted by Crippen LogP contribution is 2.10. The quantitative estimate of drug-likeness (QED) is 0.628. The van der Waals surface area contributed by atoms with Crippen LogP contribution in [0.4, 0.5) is 8.78 Å². The number of aliphatic hydroxyl groups excluding tert-OH is 1. The fourth-order valence-corrected chi connectivity index (χ4v) is 1.83. The van der Waals surface area contributed by atoms with Crippen molar-refractivity contribution in [2.75, 3.05) is 24.8 Å². The highest BCUT2D eigenvalue weighted by molar-refractivity contribution is 7.89. The van der Waals surface area contributed by atoms with E-state index in [4.69, 9.17) is 16.7 Å². The Hall–Kier alpha value is 0.0200. The number of halogens is 3. The van der Waals surface area contributed by atoms with E-state index in [0.717, 1.165) is 0 Å². The summed E-state index contributed by atoms with van der Waals surface area (Å²) < 4.78 is 47.8. The predicted molar refractivity (Wildman–Crippen MR) is 44.5 cm³/mol. The van der Waals surface area contributed by atoms with Crippen LogP contribution in [0.15, 0.2) is 0 Å². The van der Waals surface area contributed by atoms with Crippen LogP contribution in [-0.2, 0) is 10.0 Å². The molecule has 0 aromatic heterocycles. The van der Waals surface area contributed by atoms with Crippen molar-refractivity contribution >= 4 is 21.6 Å². The van der Waals surface area contributed by atoms with Gasteiger partial charge in [0.05, 0.1) is 12.3 Å². The molecule has 0 aliphatic rings. The van der Waals surface area contributed by atoms with Crippen LogP contribution < -0.4 is 4.72 Å². The summed E-state index contributed by atoms with van der Waals surface area (Å²) in [5.41, 5.74) is 0. The van der Waals surface area contributed by atoms with Crippen molar-refractivity contribution in [2.45, 2.75) is 5.92 Å². The van der Waals surface area contributed by atoms with Gasteiger partial charge < -0.3 is 5.11 Å². The molecule has 0 aliphatic carbocycles. The average Bonchev–Trinajstić information content (AvgIpc) is 2.02. The Bertz CT molecular complexity index is 244. The van der Waals surface area contributed by atoms with Gasteiger partial charge in [0.25, 0.3) is 5.92 Å². The second kappa shape index (κ2) is 5.04. The Morgan fingerprint density at radius 3 is 2.38 bits per heavy atom. The summed E-state index contributed by atoms with van der Waals surface area (Å²) in [6.07, 6.45) is 0. The predicted octanol–water partition coefficient (Wildman–Crippen LogP) is -0.228. The fraction of sp³-hybridized carbons (Fsp3) is 1.00. The van der Waals surface area contributed by atoms with Gasteiger partial charge in [0.15, 0.2) is 0 Å². The maximum atomic E-state index is 12.3. The number of nitrogens with one attached hydrogen (secondary N) is 1. The van der Waals surface area contributed by atoms with Crippen LogP contribution in [0.5, 0.6) is 0 Å². The normalized spacial score (nSPS) is 13.2. The monoisotopic (exact) mass is 237 g/mol. The van der Waals surface area contributed by atoms with Gasteiger partial charge in [-0.05, 0) is 0 Å². The molecule has 0 aromatic carbocycles. The van der Waals surface area contributed by atoms with E-state index in [1.807, 2.05) is 0 Å². The van der Waals surface area contributed by atoms with Gasteiger partial charge in [-0.1, -0.05) is 0 Å². The molecule has 0 aliphatic heterocycles. The molecule has 0 bridgehead atoms. The summed E-state index contributed by atoms with van der Waals surface area (Å²) in [6.45, 7) is -2.50. The molecular weight excluding hydrogens is 228 g/mol. The number of alkyl halides is 3. The minimum Gasteiger partial charge on any atom is -0.390 e. The Morgan fingerprint density at radius 1 is 1.46 bits per heavy atom. The van der Waals surface area contributed by atoms with Crippen LogP contribution in [0, 0.1) is 0 Å². The van der Waals surface area contributed by atoms with Gasteiger partial charge in [-0.15, -0.1) is 11.6 Å². The maximum Gasteiger partial charge on any atom is 0.283 e. The summed E-state index contributed by atoms with van der Waals surface area (Å²) in [6, 6.07) is 0. The summed E-state index contributed by atoms with van der Waals surface area (Å²) in [7, 11) is -3.75. The highest BCUT2D eigenvalue weighted by Gasteiger charge is 2.29. The molecule has 0 aromatic rings.